The molecule has 17 heavy (non-hydrogen) atoms. The van der Waals surface area contributed by atoms with Gasteiger partial charge >= 0.3 is 6.18 Å². The van der Waals surface area contributed by atoms with Gasteiger partial charge in [0.15, 0.2) is 5.82 Å². The highest BCUT2D eigenvalue weighted by Gasteiger charge is 2.27. The number of halogens is 3. The second kappa shape index (κ2) is 5.66. The molecule has 1 rings (SSSR count). The van der Waals surface area contributed by atoms with Gasteiger partial charge in [0.05, 0.1) is 12.5 Å². The van der Waals surface area contributed by atoms with Crippen LogP contribution in [0.1, 0.15) is 31.5 Å². The van der Waals surface area contributed by atoms with Crippen LogP contribution in [0.4, 0.5) is 13.2 Å². The summed E-state index contributed by atoms with van der Waals surface area (Å²) in [5.41, 5.74) is 0. The van der Waals surface area contributed by atoms with Gasteiger partial charge in [0.25, 0.3) is 0 Å². The van der Waals surface area contributed by atoms with Gasteiger partial charge in [-0.2, -0.15) is 23.4 Å². The standard InChI is InChI=1S/C10H12F3N3O/c1-7(3-5-14)6-9-15-8(16-17-9)2-4-10(11,12)13/h7H,2-4,6H2,1H3. The fourth-order valence-electron chi connectivity index (χ4n) is 1.25. The lowest BCUT2D eigenvalue weighted by Crippen LogP contribution is -2.09. The van der Waals surface area contributed by atoms with Crippen LogP contribution in [-0.2, 0) is 12.8 Å². The van der Waals surface area contributed by atoms with Gasteiger partial charge in [-0.05, 0) is 5.92 Å². The molecule has 0 bridgehead atoms. The van der Waals surface area contributed by atoms with Gasteiger partial charge in [-0.15, -0.1) is 0 Å². The summed E-state index contributed by atoms with van der Waals surface area (Å²) in [6, 6.07) is 2.00. The molecule has 0 amide bonds. The topological polar surface area (TPSA) is 62.7 Å². The summed E-state index contributed by atoms with van der Waals surface area (Å²) in [4.78, 5) is 3.85. The van der Waals surface area contributed by atoms with Crippen molar-refractivity contribution in [3.63, 3.8) is 0 Å². The van der Waals surface area contributed by atoms with E-state index in [1.165, 1.54) is 0 Å². The Balaban J connectivity index is 2.46. The second-order valence-electron chi connectivity index (χ2n) is 3.89. The van der Waals surface area contributed by atoms with Crippen LogP contribution < -0.4 is 0 Å². The van der Waals surface area contributed by atoms with Gasteiger partial charge in [0.2, 0.25) is 5.89 Å². The summed E-state index contributed by atoms with van der Waals surface area (Å²) in [5, 5.41) is 11.9. The van der Waals surface area contributed by atoms with Crippen molar-refractivity contribution < 1.29 is 17.7 Å². The molecule has 4 nitrogen and oxygen atoms in total. The molecular formula is C10H12F3N3O. The van der Waals surface area contributed by atoms with E-state index in [4.69, 9.17) is 9.78 Å². The maximum Gasteiger partial charge on any atom is 0.389 e. The number of hydrogen-bond acceptors (Lipinski definition) is 4. The molecule has 0 spiro atoms. The Morgan fingerprint density at radius 3 is 2.76 bits per heavy atom. The van der Waals surface area contributed by atoms with Crippen molar-refractivity contribution in [1.29, 1.82) is 5.26 Å². The molecule has 94 valence electrons. The molecule has 1 atom stereocenters. The minimum absolute atomic E-state index is 0.0518. The van der Waals surface area contributed by atoms with Gasteiger partial charge in [-0.3, -0.25) is 0 Å². The molecule has 0 aromatic carbocycles. The van der Waals surface area contributed by atoms with Gasteiger partial charge < -0.3 is 4.52 Å². The maximum absolute atomic E-state index is 11.9. The van der Waals surface area contributed by atoms with E-state index in [0.717, 1.165) is 0 Å². The average molecular weight is 247 g/mol. The van der Waals surface area contributed by atoms with Crippen LogP contribution >= 0.6 is 0 Å². The van der Waals surface area contributed by atoms with Crippen LogP contribution in [0, 0.1) is 17.2 Å². The average Bonchev–Trinajstić information content (AvgIpc) is 2.62. The Morgan fingerprint density at radius 1 is 1.47 bits per heavy atom. The fourth-order valence-corrected chi connectivity index (χ4v) is 1.25. The van der Waals surface area contributed by atoms with E-state index in [1.54, 1.807) is 0 Å². The number of hydrogen-bond donors (Lipinski definition) is 0. The van der Waals surface area contributed by atoms with Gasteiger partial charge in [0, 0.05) is 19.3 Å². The van der Waals surface area contributed by atoms with E-state index in [0.29, 0.717) is 12.8 Å². The molecular weight excluding hydrogens is 235 g/mol. The van der Waals surface area contributed by atoms with Gasteiger partial charge in [-0.1, -0.05) is 12.1 Å². The predicted molar refractivity (Wildman–Crippen MR) is 51.8 cm³/mol. The Labute approximate surface area is 96.4 Å². The molecule has 1 aromatic rings. The summed E-state index contributed by atoms with van der Waals surface area (Å²) >= 11 is 0. The van der Waals surface area contributed by atoms with Crippen molar-refractivity contribution in [3.05, 3.63) is 11.7 Å². The van der Waals surface area contributed by atoms with Crippen molar-refractivity contribution in [2.24, 2.45) is 5.92 Å². The lowest BCUT2D eigenvalue weighted by Gasteiger charge is -2.02. The molecule has 0 aliphatic carbocycles. The van der Waals surface area contributed by atoms with Crippen molar-refractivity contribution in [3.8, 4) is 6.07 Å². The van der Waals surface area contributed by atoms with Crippen LogP contribution in [0.5, 0.6) is 0 Å². The van der Waals surface area contributed by atoms with Crippen LogP contribution in [0.15, 0.2) is 4.52 Å². The maximum atomic E-state index is 11.9. The lowest BCUT2D eigenvalue weighted by molar-refractivity contribution is -0.134. The Kier molecular flexibility index (Phi) is 4.49. The summed E-state index contributed by atoms with van der Waals surface area (Å²) in [7, 11) is 0. The summed E-state index contributed by atoms with van der Waals surface area (Å²) in [6.45, 7) is 1.84. The first kappa shape index (κ1) is 13.5. The van der Waals surface area contributed by atoms with Crippen LogP contribution in [0.25, 0.3) is 0 Å². The van der Waals surface area contributed by atoms with E-state index in [-0.39, 0.29) is 24.1 Å². The predicted octanol–water partition coefficient (Wildman–Crippen LogP) is 2.66. The third-order valence-corrected chi connectivity index (χ3v) is 2.11. The van der Waals surface area contributed by atoms with E-state index in [2.05, 4.69) is 10.1 Å². The largest absolute Gasteiger partial charge is 0.389 e. The quantitative estimate of drug-likeness (QED) is 0.802. The molecule has 0 saturated carbocycles. The molecule has 0 radical (unpaired) electrons. The summed E-state index contributed by atoms with van der Waals surface area (Å²) in [6.07, 6.45) is -4.69. The Morgan fingerprint density at radius 2 is 2.18 bits per heavy atom. The zero-order valence-electron chi connectivity index (χ0n) is 9.29. The lowest BCUT2D eigenvalue weighted by atomic mass is 10.1. The summed E-state index contributed by atoms with van der Waals surface area (Å²) in [5.74, 6) is 0.391. The number of aryl methyl sites for hydroxylation is 1. The molecule has 0 N–H and O–H groups in total. The highest BCUT2D eigenvalue weighted by Crippen LogP contribution is 2.21. The third-order valence-electron chi connectivity index (χ3n) is 2.11. The van der Waals surface area contributed by atoms with Gasteiger partial charge in [0.1, 0.15) is 0 Å². The van der Waals surface area contributed by atoms with Crippen molar-refractivity contribution in [2.45, 2.75) is 38.8 Å². The van der Waals surface area contributed by atoms with Crippen molar-refractivity contribution >= 4 is 0 Å². The molecule has 1 aromatic heterocycles. The van der Waals surface area contributed by atoms with Gasteiger partial charge in [-0.25, -0.2) is 0 Å². The minimum atomic E-state index is -4.21. The zero-order chi connectivity index (χ0) is 12.9. The molecule has 0 aliphatic heterocycles. The molecule has 7 heteroatoms. The smallest absolute Gasteiger partial charge is 0.339 e. The Hall–Kier alpha value is -1.58. The van der Waals surface area contributed by atoms with E-state index >= 15 is 0 Å². The van der Waals surface area contributed by atoms with Crippen molar-refractivity contribution in [2.75, 3.05) is 0 Å². The normalized spacial score (nSPS) is 13.4. The Bertz CT molecular complexity index is 394. The SMILES string of the molecule is CC(CC#N)Cc1nc(CCC(F)(F)F)no1. The molecule has 0 aliphatic rings. The first-order valence-electron chi connectivity index (χ1n) is 5.16. The van der Waals surface area contributed by atoms with Crippen LogP contribution in [0.2, 0.25) is 0 Å². The van der Waals surface area contributed by atoms with Crippen LogP contribution in [0.3, 0.4) is 0 Å². The van der Waals surface area contributed by atoms with E-state index in [9.17, 15) is 13.2 Å². The van der Waals surface area contributed by atoms with Crippen molar-refractivity contribution in [1.82, 2.24) is 10.1 Å². The third kappa shape index (κ3) is 5.33. The molecule has 0 saturated heterocycles. The molecule has 1 unspecified atom stereocenters. The molecule has 1 heterocycles. The van der Waals surface area contributed by atoms with Crippen LogP contribution in [-0.4, -0.2) is 16.3 Å². The number of nitriles is 1. The highest BCUT2D eigenvalue weighted by atomic mass is 19.4. The number of aromatic nitrogens is 2. The first-order valence-corrected chi connectivity index (χ1v) is 5.16. The fraction of sp³-hybridized carbons (Fsp3) is 0.700. The van der Waals surface area contributed by atoms with E-state index < -0.39 is 12.6 Å². The number of nitrogens with zero attached hydrogens (tertiary/aromatic N) is 3. The minimum Gasteiger partial charge on any atom is -0.339 e. The number of rotatable bonds is 5. The van der Waals surface area contributed by atoms with E-state index in [1.807, 2.05) is 13.0 Å². The monoisotopic (exact) mass is 247 g/mol. The first-order chi connectivity index (χ1) is 7.90. The summed E-state index contributed by atoms with van der Waals surface area (Å²) < 4.78 is 40.6. The molecule has 0 fully saturated rings. The second-order valence-corrected chi connectivity index (χ2v) is 3.89. The zero-order valence-corrected chi connectivity index (χ0v) is 9.29. The highest BCUT2D eigenvalue weighted by molar-refractivity contribution is 4.89. The number of alkyl halides is 3.